The first-order valence-electron chi connectivity index (χ1n) is 6.59. The van der Waals surface area contributed by atoms with Gasteiger partial charge in [0.15, 0.2) is 0 Å². The van der Waals surface area contributed by atoms with E-state index >= 15 is 0 Å². The van der Waals surface area contributed by atoms with Gasteiger partial charge in [-0.05, 0) is 18.8 Å². The van der Waals surface area contributed by atoms with Crippen LogP contribution in [-0.2, 0) is 14.3 Å². The van der Waals surface area contributed by atoms with E-state index in [9.17, 15) is 9.59 Å². The number of methoxy groups -OCH3 is 1. The highest BCUT2D eigenvalue weighted by molar-refractivity contribution is 7.80. The van der Waals surface area contributed by atoms with Crippen LogP contribution in [0.4, 0.5) is 0 Å². The van der Waals surface area contributed by atoms with Crippen LogP contribution in [0.3, 0.4) is 0 Å². The smallest absolute Gasteiger partial charge is 0.310 e. The predicted octanol–water partition coefficient (Wildman–Crippen LogP) is 0.710. The van der Waals surface area contributed by atoms with Crippen LogP contribution >= 0.6 is 12.2 Å². The van der Waals surface area contributed by atoms with Gasteiger partial charge in [0.1, 0.15) is 0 Å². The maximum Gasteiger partial charge on any atom is 0.310 e. The highest BCUT2D eigenvalue weighted by atomic mass is 32.1. The molecule has 1 saturated carbocycles. The van der Waals surface area contributed by atoms with Crippen molar-refractivity contribution in [3.8, 4) is 0 Å². The largest absolute Gasteiger partial charge is 0.469 e. The van der Waals surface area contributed by atoms with Gasteiger partial charge in [0.25, 0.3) is 0 Å². The second-order valence-electron chi connectivity index (χ2n) is 5.62. The molecule has 0 bridgehead atoms. The molecule has 2 fully saturated rings. The van der Waals surface area contributed by atoms with Gasteiger partial charge < -0.3 is 15.4 Å². The monoisotopic (exact) mass is 284 g/mol. The molecule has 5 nitrogen and oxygen atoms in total. The summed E-state index contributed by atoms with van der Waals surface area (Å²) in [6.45, 7) is 2.95. The van der Waals surface area contributed by atoms with Crippen molar-refractivity contribution >= 4 is 29.1 Å². The van der Waals surface area contributed by atoms with Crippen molar-refractivity contribution in [1.82, 2.24) is 4.90 Å². The molecule has 1 heterocycles. The molecule has 1 amide bonds. The number of carbonyl (C=O) groups is 2. The summed E-state index contributed by atoms with van der Waals surface area (Å²) in [4.78, 5) is 26.3. The van der Waals surface area contributed by atoms with E-state index < -0.39 is 5.41 Å². The van der Waals surface area contributed by atoms with Crippen LogP contribution in [-0.4, -0.2) is 42.0 Å². The van der Waals surface area contributed by atoms with E-state index in [1.54, 1.807) is 4.90 Å². The van der Waals surface area contributed by atoms with E-state index in [0.29, 0.717) is 13.1 Å². The summed E-state index contributed by atoms with van der Waals surface area (Å²) in [5.41, 5.74) is 5.10. The van der Waals surface area contributed by atoms with Gasteiger partial charge in [-0.15, -0.1) is 0 Å². The standard InChI is InChI=1S/C13H20N2O3S/c1-8-6-15(7-9(8)10(16)18-2)12(17)13(11(14)19)4-3-5-13/h8-9H,3-7H2,1-2H3,(H2,14,19). The van der Waals surface area contributed by atoms with Gasteiger partial charge in [0.05, 0.1) is 23.4 Å². The number of amides is 1. The number of likely N-dealkylation sites (tertiary alicyclic amines) is 1. The molecule has 0 spiro atoms. The Morgan fingerprint density at radius 2 is 2.00 bits per heavy atom. The van der Waals surface area contributed by atoms with Crippen LogP contribution in [0.25, 0.3) is 0 Å². The van der Waals surface area contributed by atoms with Crippen molar-refractivity contribution < 1.29 is 14.3 Å². The van der Waals surface area contributed by atoms with E-state index in [2.05, 4.69) is 0 Å². The quantitative estimate of drug-likeness (QED) is 0.610. The molecule has 19 heavy (non-hydrogen) atoms. The van der Waals surface area contributed by atoms with Crippen LogP contribution in [0.15, 0.2) is 0 Å². The molecule has 1 aliphatic carbocycles. The van der Waals surface area contributed by atoms with E-state index in [-0.39, 0.29) is 28.7 Å². The fraction of sp³-hybridized carbons (Fsp3) is 0.769. The molecule has 6 heteroatoms. The van der Waals surface area contributed by atoms with Gasteiger partial charge in [-0.25, -0.2) is 0 Å². The zero-order valence-corrected chi connectivity index (χ0v) is 12.2. The van der Waals surface area contributed by atoms with Crippen molar-refractivity contribution in [3.63, 3.8) is 0 Å². The Balaban J connectivity index is 2.10. The minimum atomic E-state index is -0.653. The predicted molar refractivity (Wildman–Crippen MR) is 74.3 cm³/mol. The number of ether oxygens (including phenoxy) is 1. The maximum atomic E-state index is 12.6. The second kappa shape index (κ2) is 5.07. The number of nitrogens with two attached hydrogens (primary N) is 1. The molecule has 2 unspecified atom stereocenters. The minimum absolute atomic E-state index is 0.00972. The third-order valence-electron chi connectivity index (χ3n) is 4.49. The zero-order valence-electron chi connectivity index (χ0n) is 11.3. The average molecular weight is 284 g/mol. The van der Waals surface area contributed by atoms with Gasteiger partial charge in [-0.1, -0.05) is 25.6 Å². The van der Waals surface area contributed by atoms with E-state index in [4.69, 9.17) is 22.7 Å². The Labute approximate surface area is 118 Å². The Bertz CT molecular complexity index is 420. The van der Waals surface area contributed by atoms with E-state index in [1.165, 1.54) is 7.11 Å². The highest BCUT2D eigenvalue weighted by Crippen LogP contribution is 2.44. The SMILES string of the molecule is COC(=O)C1CN(C(=O)C2(C(N)=S)CCC2)CC1C. The van der Waals surface area contributed by atoms with Gasteiger partial charge in [-0.2, -0.15) is 0 Å². The topological polar surface area (TPSA) is 72.6 Å². The second-order valence-corrected chi connectivity index (χ2v) is 6.06. The summed E-state index contributed by atoms with van der Waals surface area (Å²) in [5, 5.41) is 0. The molecule has 1 aliphatic heterocycles. The summed E-state index contributed by atoms with van der Waals surface area (Å²) in [6.07, 6.45) is 2.44. The third-order valence-corrected chi connectivity index (χ3v) is 4.88. The Kier molecular flexibility index (Phi) is 3.80. The first-order chi connectivity index (χ1) is 8.92. The molecule has 2 rings (SSSR count). The highest BCUT2D eigenvalue weighted by Gasteiger charge is 2.51. The first-order valence-corrected chi connectivity index (χ1v) is 7.00. The van der Waals surface area contributed by atoms with Gasteiger partial charge in [0, 0.05) is 13.1 Å². The normalized spacial score (nSPS) is 28.6. The number of carbonyl (C=O) groups excluding carboxylic acids is 2. The molecule has 1 saturated heterocycles. The zero-order chi connectivity index (χ0) is 14.2. The van der Waals surface area contributed by atoms with Crippen molar-refractivity contribution in [2.24, 2.45) is 23.0 Å². The average Bonchev–Trinajstić information content (AvgIpc) is 2.68. The summed E-state index contributed by atoms with van der Waals surface area (Å²) in [5.74, 6) is -0.386. The summed E-state index contributed by atoms with van der Waals surface area (Å²) < 4.78 is 4.78. The lowest BCUT2D eigenvalue weighted by atomic mass is 9.67. The van der Waals surface area contributed by atoms with E-state index in [1.807, 2.05) is 6.92 Å². The fourth-order valence-corrected chi connectivity index (χ4v) is 3.28. The van der Waals surface area contributed by atoms with E-state index in [0.717, 1.165) is 19.3 Å². The number of hydrogen-bond donors (Lipinski definition) is 1. The maximum absolute atomic E-state index is 12.6. The van der Waals surface area contributed by atoms with Crippen LogP contribution in [0, 0.1) is 17.3 Å². The molecule has 106 valence electrons. The minimum Gasteiger partial charge on any atom is -0.469 e. The number of esters is 1. The molecule has 2 aliphatic rings. The molecule has 0 radical (unpaired) electrons. The van der Waals surface area contributed by atoms with Crippen LogP contribution in [0.5, 0.6) is 0 Å². The lowest BCUT2D eigenvalue weighted by molar-refractivity contribution is -0.146. The molecule has 0 aromatic rings. The lowest BCUT2D eigenvalue weighted by Gasteiger charge is -2.41. The van der Waals surface area contributed by atoms with Crippen LogP contribution in [0.2, 0.25) is 0 Å². The van der Waals surface area contributed by atoms with Crippen LogP contribution < -0.4 is 5.73 Å². The van der Waals surface area contributed by atoms with Crippen molar-refractivity contribution in [1.29, 1.82) is 0 Å². The van der Waals surface area contributed by atoms with Gasteiger partial charge >= 0.3 is 5.97 Å². The first kappa shape index (κ1) is 14.2. The number of hydrogen-bond acceptors (Lipinski definition) is 4. The van der Waals surface area contributed by atoms with Crippen molar-refractivity contribution in [3.05, 3.63) is 0 Å². The molecular formula is C13H20N2O3S. The summed E-state index contributed by atoms with van der Waals surface area (Å²) in [6, 6.07) is 0. The lowest BCUT2D eigenvalue weighted by Crippen LogP contribution is -2.54. The summed E-state index contributed by atoms with van der Waals surface area (Å²) in [7, 11) is 1.38. The molecule has 2 atom stereocenters. The van der Waals surface area contributed by atoms with Gasteiger partial charge in [0.2, 0.25) is 5.91 Å². The number of rotatable bonds is 3. The van der Waals surface area contributed by atoms with Crippen molar-refractivity contribution in [2.45, 2.75) is 26.2 Å². The molecule has 0 aromatic heterocycles. The van der Waals surface area contributed by atoms with Crippen molar-refractivity contribution in [2.75, 3.05) is 20.2 Å². The molecule has 2 N–H and O–H groups in total. The van der Waals surface area contributed by atoms with Crippen LogP contribution in [0.1, 0.15) is 26.2 Å². The Morgan fingerprint density at radius 3 is 2.42 bits per heavy atom. The number of nitrogens with zero attached hydrogens (tertiary/aromatic N) is 1. The molecular weight excluding hydrogens is 264 g/mol. The number of thiocarbonyl (C=S) groups is 1. The summed E-state index contributed by atoms with van der Waals surface area (Å²) >= 11 is 5.06. The Hall–Kier alpha value is -1.17. The molecule has 0 aromatic carbocycles. The third kappa shape index (κ3) is 2.22. The fourth-order valence-electron chi connectivity index (χ4n) is 2.99. The Morgan fingerprint density at radius 1 is 1.37 bits per heavy atom. The van der Waals surface area contributed by atoms with Gasteiger partial charge in [-0.3, -0.25) is 9.59 Å².